The summed E-state index contributed by atoms with van der Waals surface area (Å²) in [6, 6.07) is 0. The fraction of sp³-hybridized carbons (Fsp3) is 0. The maximum absolute atomic E-state index is 9.22. The normalized spacial score (nSPS) is 7.64. The first kappa shape index (κ1) is 12.4. The molecule has 0 spiro atoms. The summed E-state index contributed by atoms with van der Waals surface area (Å²) in [5.41, 5.74) is 0. The molecule has 0 aromatic heterocycles. The summed E-state index contributed by atoms with van der Waals surface area (Å²) in [6.07, 6.45) is 0. The number of rotatable bonds is 2. The van der Waals surface area contributed by atoms with Crippen molar-refractivity contribution in [3.05, 3.63) is 35.6 Å². The molecule has 0 aromatic rings. The molecule has 0 fully saturated rings. The molecule has 0 bridgehead atoms. The molecule has 0 amide bonds. The minimum atomic E-state index is -2.06. The zero-order valence-electron chi connectivity index (χ0n) is 4.52. The Morgan fingerprint density at radius 2 is 1.00 bits per heavy atom. The second kappa shape index (κ2) is 6.80. The molecule has 0 atom stereocenters. The van der Waals surface area contributed by atoms with Crippen molar-refractivity contribution >= 4 is 0 Å². The van der Waals surface area contributed by atoms with Gasteiger partial charge in [0, 0.05) is 0 Å². The molecule has 0 saturated heterocycles. The third-order valence-corrected chi connectivity index (χ3v) is 0.845. The van der Waals surface area contributed by atoms with Crippen LogP contribution in [0.25, 0.3) is 0 Å². The summed E-state index contributed by atoms with van der Waals surface area (Å²) >= 11 is -2.06. The van der Waals surface area contributed by atoms with Gasteiger partial charge in [-0.25, -0.2) is 0 Å². The van der Waals surface area contributed by atoms with E-state index in [1.807, 2.05) is 0 Å². The van der Waals surface area contributed by atoms with Crippen LogP contribution >= 0.6 is 0 Å². The van der Waals surface area contributed by atoms with E-state index < -0.39 is 31.1 Å². The van der Waals surface area contributed by atoms with Crippen LogP contribution in [0.3, 0.4) is 0 Å². The second-order valence-corrected chi connectivity index (χ2v) is 2.78. The Bertz CT molecular complexity index is 147. The molecule has 0 N–H and O–H groups in total. The zero-order valence-corrected chi connectivity index (χ0v) is 6.79. The Labute approximate surface area is 67.3 Å². The van der Waals surface area contributed by atoms with Gasteiger partial charge in [-0.15, -0.1) is 0 Å². The zero-order chi connectivity index (χ0) is 9.44. The van der Waals surface area contributed by atoms with Crippen molar-refractivity contribution in [2.24, 2.45) is 0 Å². The van der Waals surface area contributed by atoms with E-state index in [0.717, 1.165) is 0 Å². The van der Waals surface area contributed by atoms with Crippen molar-refractivity contribution in [1.82, 2.24) is 0 Å². The van der Waals surface area contributed by atoms with Crippen LogP contribution < -0.4 is 0 Å². The van der Waals surface area contributed by atoms with Crippen LogP contribution in [-0.4, -0.2) is 12.1 Å². The van der Waals surface area contributed by atoms with Gasteiger partial charge in [-0.1, -0.05) is 0 Å². The average molecular weight is 349 g/mol. The second-order valence-electron chi connectivity index (χ2n) is 0.667. The Kier molecular flexibility index (Phi) is 7.65. The SMILES string of the molecule is O=[N+]([O-])[O-].O=[N+]([O-])[Pt+][N+](=O)[O-]. The van der Waals surface area contributed by atoms with Gasteiger partial charge >= 0.3 is 46.3 Å². The van der Waals surface area contributed by atoms with Crippen molar-refractivity contribution in [1.29, 1.82) is 0 Å². The Morgan fingerprint density at radius 1 is 0.818 bits per heavy atom. The van der Waals surface area contributed by atoms with Crippen molar-refractivity contribution in [3.8, 4) is 0 Å². The molecule has 0 radical (unpaired) electrons. The van der Waals surface area contributed by atoms with E-state index in [1.165, 1.54) is 0 Å². The van der Waals surface area contributed by atoms with E-state index in [4.69, 9.17) is 15.3 Å². The molecular formula is N3O7Pt. The molecular weight excluding hydrogens is 349 g/mol. The van der Waals surface area contributed by atoms with Crippen LogP contribution in [0.1, 0.15) is 0 Å². The number of hydrogen-bond donors (Lipinski definition) is 0. The molecule has 0 rings (SSSR count). The van der Waals surface area contributed by atoms with Gasteiger partial charge in [0.1, 0.15) is 0 Å². The topological polar surface area (TPSA) is 152 Å². The van der Waals surface area contributed by atoms with Gasteiger partial charge in [0.15, 0.2) is 0 Å². The Morgan fingerprint density at radius 3 is 1.00 bits per heavy atom. The molecule has 11 heteroatoms. The molecule has 0 heterocycles. The van der Waals surface area contributed by atoms with Gasteiger partial charge in [-0.05, 0) is 0 Å². The summed E-state index contributed by atoms with van der Waals surface area (Å²) in [6.45, 7) is 0. The first-order valence-electron chi connectivity index (χ1n) is 1.56. The first-order valence-corrected chi connectivity index (χ1v) is 3.59. The third kappa shape index (κ3) is 53.8. The molecule has 0 aliphatic carbocycles. The molecule has 10 nitrogen and oxygen atoms in total. The quantitative estimate of drug-likeness (QED) is 0.468. The maximum atomic E-state index is 9.22. The molecule has 0 aromatic carbocycles. The van der Waals surface area contributed by atoms with E-state index in [0.29, 0.717) is 0 Å². The molecule has 0 saturated carbocycles. The number of nitro groups is 2. The molecule has 11 heavy (non-hydrogen) atoms. The fourth-order valence-corrected chi connectivity index (χ4v) is 0.345. The van der Waals surface area contributed by atoms with Crippen molar-refractivity contribution < 1.29 is 31.1 Å². The fourth-order valence-electron chi connectivity index (χ4n) is 0.0422. The summed E-state index contributed by atoms with van der Waals surface area (Å²) in [5, 5.41) is 33.2. The summed E-state index contributed by atoms with van der Waals surface area (Å²) in [7, 11) is 0. The predicted molar refractivity (Wildman–Crippen MR) is 24.4 cm³/mol. The van der Waals surface area contributed by atoms with Crippen LogP contribution in [0.2, 0.25) is 0 Å². The van der Waals surface area contributed by atoms with Gasteiger partial charge in [-0.2, -0.15) is 0 Å². The summed E-state index contributed by atoms with van der Waals surface area (Å²) in [4.78, 5) is 26.7. The van der Waals surface area contributed by atoms with Gasteiger partial charge in [0.25, 0.3) is 0 Å². The first-order chi connectivity index (χ1) is 4.86. The molecule has 0 unspecified atom stereocenters. The van der Waals surface area contributed by atoms with E-state index in [1.54, 1.807) is 0 Å². The van der Waals surface area contributed by atoms with Crippen LogP contribution in [0, 0.1) is 35.6 Å². The third-order valence-electron chi connectivity index (χ3n) is 0.103. The van der Waals surface area contributed by atoms with Crippen LogP contribution in [0.15, 0.2) is 0 Å². The Balaban J connectivity index is 0. The van der Waals surface area contributed by atoms with Gasteiger partial charge in [0.05, 0.1) is 5.09 Å². The Hall–Kier alpha value is -1.31. The van der Waals surface area contributed by atoms with E-state index >= 15 is 0 Å². The summed E-state index contributed by atoms with van der Waals surface area (Å²) < 4.78 is -1.78. The molecule has 0 aliphatic rings. The van der Waals surface area contributed by atoms with Crippen LogP contribution in [0.4, 0.5) is 0 Å². The molecule has 67 valence electrons. The standard InChI is InChI=1S/NO3.2NO2.Pt/c2-1(3)4;2*2-1-3;/q-1;;;+1. The van der Waals surface area contributed by atoms with Crippen LogP contribution in [0.5, 0.6) is 0 Å². The summed E-state index contributed by atoms with van der Waals surface area (Å²) in [5.74, 6) is 0. The van der Waals surface area contributed by atoms with E-state index in [-0.39, 0.29) is 0 Å². The minimum absolute atomic E-state index is 0.889. The van der Waals surface area contributed by atoms with E-state index in [9.17, 15) is 20.2 Å². The average Bonchev–Trinajstić information content (AvgIpc) is 1.56. The van der Waals surface area contributed by atoms with Crippen molar-refractivity contribution in [2.45, 2.75) is 0 Å². The monoisotopic (exact) mass is 349 g/mol. The predicted octanol–water partition coefficient (Wildman–Crippen LogP) is -0.787. The van der Waals surface area contributed by atoms with Crippen molar-refractivity contribution in [3.63, 3.8) is 0 Å². The van der Waals surface area contributed by atoms with Gasteiger partial charge in [-0.3, -0.25) is 0 Å². The number of hydrogen-bond acceptors (Lipinski definition) is 7. The number of nitrogens with zero attached hydrogens (tertiary/aromatic N) is 3. The van der Waals surface area contributed by atoms with Crippen molar-refractivity contribution in [2.75, 3.05) is 0 Å². The van der Waals surface area contributed by atoms with Crippen LogP contribution in [-0.2, 0) is 19.1 Å². The van der Waals surface area contributed by atoms with Gasteiger partial charge < -0.3 is 15.3 Å². The molecule has 0 aliphatic heterocycles. The van der Waals surface area contributed by atoms with Gasteiger partial charge in [0.2, 0.25) is 0 Å². The van der Waals surface area contributed by atoms with E-state index in [2.05, 4.69) is 0 Å².